The molecule has 1 amide bonds. The largest absolute Gasteiger partial charge is 0.369 e. The van der Waals surface area contributed by atoms with Crippen molar-refractivity contribution in [1.29, 1.82) is 0 Å². The number of aryl methyl sites for hydroxylation is 1. The monoisotopic (exact) mass is 431 g/mol. The van der Waals surface area contributed by atoms with Gasteiger partial charge >= 0.3 is 0 Å². The van der Waals surface area contributed by atoms with Gasteiger partial charge in [0.2, 0.25) is 0 Å². The first kappa shape index (κ1) is 19.9. The lowest BCUT2D eigenvalue weighted by Gasteiger charge is -2.36. The summed E-state index contributed by atoms with van der Waals surface area (Å²) in [6.45, 7) is 6.87. The molecular weight excluding hydrogens is 410 g/mol. The zero-order valence-electron chi connectivity index (χ0n) is 16.1. The summed E-state index contributed by atoms with van der Waals surface area (Å²) >= 11 is 7.34. The van der Waals surface area contributed by atoms with E-state index in [1.54, 1.807) is 6.92 Å². The van der Waals surface area contributed by atoms with Crippen LogP contribution in [0.2, 0.25) is 5.02 Å². The molecule has 0 unspecified atom stereocenters. The van der Waals surface area contributed by atoms with Crippen molar-refractivity contribution in [3.63, 3.8) is 0 Å². The summed E-state index contributed by atoms with van der Waals surface area (Å²) in [5.74, 6) is -0.150. The summed E-state index contributed by atoms with van der Waals surface area (Å²) in [5.41, 5.74) is 1.63. The molecule has 0 saturated carbocycles. The van der Waals surface area contributed by atoms with Gasteiger partial charge in [-0.15, -0.1) is 11.3 Å². The van der Waals surface area contributed by atoms with E-state index in [0.29, 0.717) is 27.2 Å². The Hall–Kier alpha value is -2.42. The van der Waals surface area contributed by atoms with Crippen LogP contribution in [0, 0.1) is 6.92 Å². The van der Waals surface area contributed by atoms with Crippen LogP contribution in [0.5, 0.6) is 0 Å². The van der Waals surface area contributed by atoms with E-state index in [1.165, 1.54) is 17.7 Å². The molecule has 4 rings (SSSR count). The molecule has 0 atom stereocenters. The summed E-state index contributed by atoms with van der Waals surface area (Å²) < 4.78 is 0. The number of piperazine rings is 1. The smallest absolute Gasteiger partial charge is 0.261 e. The first-order valence-corrected chi connectivity index (χ1v) is 10.7. The minimum absolute atomic E-state index is 0.150. The van der Waals surface area contributed by atoms with Crippen LogP contribution in [0.3, 0.4) is 0 Å². The normalized spacial score (nSPS) is 15.0. The molecule has 1 fully saturated rings. The minimum Gasteiger partial charge on any atom is -0.369 e. The molecule has 1 aliphatic heterocycles. The van der Waals surface area contributed by atoms with Crippen molar-refractivity contribution in [1.82, 2.24) is 20.2 Å². The van der Waals surface area contributed by atoms with Gasteiger partial charge in [-0.25, -0.2) is 4.98 Å². The van der Waals surface area contributed by atoms with Crippen LogP contribution in [0.4, 0.5) is 5.69 Å². The van der Waals surface area contributed by atoms with Gasteiger partial charge in [0, 0.05) is 50.0 Å². The zero-order chi connectivity index (χ0) is 20.4. The van der Waals surface area contributed by atoms with Gasteiger partial charge in [-0.2, -0.15) is 0 Å². The molecule has 9 heteroatoms. The average Bonchev–Trinajstić information content (AvgIpc) is 3.06. The third-order valence-electron chi connectivity index (χ3n) is 5.20. The Balaban J connectivity index is 1.29. The number of nitrogens with one attached hydrogen (secondary N) is 2. The van der Waals surface area contributed by atoms with Crippen LogP contribution in [-0.4, -0.2) is 60.0 Å². The predicted molar refractivity (Wildman–Crippen MR) is 117 cm³/mol. The Morgan fingerprint density at radius 2 is 2.10 bits per heavy atom. The van der Waals surface area contributed by atoms with E-state index >= 15 is 0 Å². The lowest BCUT2D eigenvalue weighted by atomic mass is 10.2. The topological polar surface area (TPSA) is 81.3 Å². The summed E-state index contributed by atoms with van der Waals surface area (Å²) in [6.07, 6.45) is 1.37. The molecule has 0 aliphatic carbocycles. The average molecular weight is 432 g/mol. The summed E-state index contributed by atoms with van der Waals surface area (Å²) in [7, 11) is 0. The number of amides is 1. The van der Waals surface area contributed by atoms with Gasteiger partial charge in [0.1, 0.15) is 4.83 Å². The number of nitrogens with zero attached hydrogens (tertiary/aromatic N) is 3. The molecule has 2 N–H and O–H groups in total. The van der Waals surface area contributed by atoms with Crippen molar-refractivity contribution in [2.45, 2.75) is 6.92 Å². The highest BCUT2D eigenvalue weighted by Crippen LogP contribution is 2.26. The Morgan fingerprint density at radius 3 is 2.83 bits per heavy atom. The number of carbonyl (C=O) groups is 1. The van der Waals surface area contributed by atoms with E-state index in [9.17, 15) is 9.59 Å². The number of rotatable bonds is 5. The second kappa shape index (κ2) is 8.52. The number of halogens is 1. The Kier molecular flexibility index (Phi) is 5.84. The molecule has 1 aliphatic rings. The standard InChI is InChI=1S/C20H22ClN5O2S/c1-13-16-18(27)23-12-24-20(16)29-17(13)19(28)22-5-6-25-7-9-26(10-8-25)15-4-2-3-14(21)11-15/h2-4,11-12H,5-10H2,1H3,(H,22,28)(H,23,24,27). The van der Waals surface area contributed by atoms with Crippen LogP contribution >= 0.6 is 22.9 Å². The maximum Gasteiger partial charge on any atom is 0.261 e. The fourth-order valence-corrected chi connectivity index (χ4v) is 4.86. The third-order valence-corrected chi connectivity index (χ3v) is 6.63. The molecule has 0 radical (unpaired) electrons. The number of anilines is 1. The lowest BCUT2D eigenvalue weighted by Crippen LogP contribution is -2.48. The van der Waals surface area contributed by atoms with Crippen molar-refractivity contribution in [3.8, 4) is 0 Å². The zero-order valence-corrected chi connectivity index (χ0v) is 17.6. The molecule has 1 aromatic carbocycles. The second-order valence-corrected chi connectivity index (χ2v) is 8.47. The van der Waals surface area contributed by atoms with Crippen molar-refractivity contribution >= 4 is 44.7 Å². The van der Waals surface area contributed by atoms with Crippen molar-refractivity contribution in [2.24, 2.45) is 0 Å². The SMILES string of the molecule is Cc1c(C(=O)NCCN2CCN(c3cccc(Cl)c3)CC2)sc2nc[nH]c(=O)c12. The van der Waals surface area contributed by atoms with Gasteiger partial charge in [0.25, 0.3) is 11.5 Å². The minimum atomic E-state index is -0.208. The number of aromatic amines is 1. The number of hydrogen-bond acceptors (Lipinski definition) is 6. The molecular formula is C20H22ClN5O2S. The summed E-state index contributed by atoms with van der Waals surface area (Å²) in [5, 5.41) is 4.23. The van der Waals surface area contributed by atoms with Gasteiger partial charge in [-0.3, -0.25) is 14.5 Å². The van der Waals surface area contributed by atoms with Crippen molar-refractivity contribution in [3.05, 3.63) is 56.4 Å². The Morgan fingerprint density at radius 1 is 1.31 bits per heavy atom. The van der Waals surface area contributed by atoms with Gasteiger partial charge < -0.3 is 15.2 Å². The van der Waals surface area contributed by atoms with Crippen LogP contribution in [0.1, 0.15) is 15.2 Å². The molecule has 7 nitrogen and oxygen atoms in total. The van der Waals surface area contributed by atoms with Gasteiger partial charge in [-0.05, 0) is 30.7 Å². The van der Waals surface area contributed by atoms with E-state index in [-0.39, 0.29) is 11.5 Å². The maximum atomic E-state index is 12.6. The Bertz CT molecular complexity index is 1090. The van der Waals surface area contributed by atoms with Gasteiger partial charge in [-0.1, -0.05) is 17.7 Å². The number of carbonyl (C=O) groups excluding carboxylic acids is 1. The molecule has 152 valence electrons. The quantitative estimate of drug-likeness (QED) is 0.648. The number of hydrogen-bond donors (Lipinski definition) is 2. The molecule has 0 bridgehead atoms. The van der Waals surface area contributed by atoms with Crippen molar-refractivity contribution < 1.29 is 4.79 Å². The highest BCUT2D eigenvalue weighted by molar-refractivity contribution is 7.20. The molecule has 3 heterocycles. The van der Waals surface area contributed by atoms with Crippen molar-refractivity contribution in [2.75, 3.05) is 44.2 Å². The molecule has 1 saturated heterocycles. The second-order valence-electron chi connectivity index (χ2n) is 7.03. The van der Waals surface area contributed by atoms with E-state index in [1.807, 2.05) is 18.2 Å². The maximum absolute atomic E-state index is 12.6. The van der Waals surface area contributed by atoms with Crippen LogP contribution in [0.15, 0.2) is 35.4 Å². The number of aromatic nitrogens is 2. The third kappa shape index (κ3) is 4.29. The number of benzene rings is 1. The Labute approximate surface area is 177 Å². The molecule has 2 aromatic heterocycles. The van der Waals surface area contributed by atoms with Crippen LogP contribution in [0.25, 0.3) is 10.2 Å². The van der Waals surface area contributed by atoms with Gasteiger partial charge in [0.15, 0.2) is 0 Å². The van der Waals surface area contributed by atoms with E-state index < -0.39 is 0 Å². The van der Waals surface area contributed by atoms with Gasteiger partial charge in [0.05, 0.1) is 16.6 Å². The summed E-state index contributed by atoms with van der Waals surface area (Å²) in [6, 6.07) is 7.92. The van der Waals surface area contributed by atoms with E-state index in [4.69, 9.17) is 11.6 Å². The van der Waals surface area contributed by atoms with E-state index in [0.717, 1.165) is 43.4 Å². The van der Waals surface area contributed by atoms with Crippen LogP contribution < -0.4 is 15.8 Å². The fourth-order valence-electron chi connectivity index (χ4n) is 3.61. The molecule has 29 heavy (non-hydrogen) atoms. The lowest BCUT2D eigenvalue weighted by molar-refractivity contribution is 0.0951. The fraction of sp³-hybridized carbons (Fsp3) is 0.350. The highest BCUT2D eigenvalue weighted by Gasteiger charge is 2.20. The summed E-state index contributed by atoms with van der Waals surface area (Å²) in [4.78, 5) is 37.1. The predicted octanol–water partition coefficient (Wildman–Crippen LogP) is 2.50. The number of thiophene rings is 1. The van der Waals surface area contributed by atoms with E-state index in [2.05, 4.69) is 31.2 Å². The number of H-pyrrole nitrogens is 1. The van der Waals surface area contributed by atoms with Crippen LogP contribution in [-0.2, 0) is 0 Å². The number of fused-ring (bicyclic) bond motifs is 1. The molecule has 3 aromatic rings. The highest BCUT2D eigenvalue weighted by atomic mass is 35.5. The first-order chi connectivity index (χ1) is 14.0. The molecule has 0 spiro atoms. The first-order valence-electron chi connectivity index (χ1n) is 9.51.